The van der Waals surface area contributed by atoms with Gasteiger partial charge in [0, 0.05) is 12.0 Å². The maximum absolute atomic E-state index is 5.52. The summed E-state index contributed by atoms with van der Waals surface area (Å²) in [5.41, 5.74) is 5.48. The first kappa shape index (κ1) is 9.85. The smallest absolute Gasteiger partial charge is 0.0797 e. The van der Waals surface area contributed by atoms with Crippen LogP contribution >= 0.6 is 12.2 Å². The van der Waals surface area contributed by atoms with Crippen LogP contribution in [-0.2, 0) is 0 Å². The average Bonchev–Trinajstić information content (AvgIpc) is 1.60. The Bertz CT molecular complexity index is 130. The standard InChI is InChI=1S/C7H16N2S/c1-7(2,6(8)10)5-9(3)4/h5H2,1-4H3,(H2,8,10). The van der Waals surface area contributed by atoms with Crippen LogP contribution in [0.1, 0.15) is 13.8 Å². The van der Waals surface area contributed by atoms with Gasteiger partial charge in [0.2, 0.25) is 0 Å². The lowest BCUT2D eigenvalue weighted by Gasteiger charge is -2.26. The van der Waals surface area contributed by atoms with Gasteiger partial charge in [0.15, 0.2) is 0 Å². The van der Waals surface area contributed by atoms with E-state index in [1.807, 2.05) is 14.1 Å². The van der Waals surface area contributed by atoms with Gasteiger partial charge in [-0.15, -0.1) is 0 Å². The Hall–Kier alpha value is -0.150. The highest BCUT2D eigenvalue weighted by Gasteiger charge is 2.21. The summed E-state index contributed by atoms with van der Waals surface area (Å²) >= 11 is 4.90. The number of nitrogens with zero attached hydrogens (tertiary/aromatic N) is 1. The fourth-order valence-corrected chi connectivity index (χ4v) is 0.933. The first-order chi connectivity index (χ1) is 4.36. The maximum atomic E-state index is 5.52. The van der Waals surface area contributed by atoms with Crippen molar-refractivity contribution in [2.75, 3.05) is 20.6 Å². The van der Waals surface area contributed by atoms with Crippen LogP contribution in [0.15, 0.2) is 0 Å². The molecule has 0 radical (unpaired) electrons. The molecule has 0 aliphatic carbocycles. The normalized spacial score (nSPS) is 12.1. The van der Waals surface area contributed by atoms with Gasteiger partial charge in [0.05, 0.1) is 4.99 Å². The third-order valence-electron chi connectivity index (χ3n) is 1.38. The van der Waals surface area contributed by atoms with Crippen LogP contribution < -0.4 is 5.73 Å². The van der Waals surface area contributed by atoms with Crippen LogP contribution in [0.4, 0.5) is 0 Å². The molecule has 0 aromatic heterocycles. The van der Waals surface area contributed by atoms with E-state index in [1.165, 1.54) is 0 Å². The van der Waals surface area contributed by atoms with E-state index >= 15 is 0 Å². The molecule has 0 rings (SSSR count). The predicted octanol–water partition coefficient (Wildman–Crippen LogP) is 0.860. The first-order valence-electron chi connectivity index (χ1n) is 3.31. The van der Waals surface area contributed by atoms with Crippen molar-refractivity contribution < 1.29 is 0 Å². The van der Waals surface area contributed by atoms with E-state index in [4.69, 9.17) is 18.0 Å². The van der Waals surface area contributed by atoms with Crippen molar-refractivity contribution in [3.05, 3.63) is 0 Å². The fourth-order valence-electron chi connectivity index (χ4n) is 0.868. The molecule has 0 aromatic rings. The molecule has 0 unspecified atom stereocenters. The molecule has 2 N–H and O–H groups in total. The average molecular weight is 160 g/mol. The minimum absolute atomic E-state index is 0.0428. The molecule has 60 valence electrons. The summed E-state index contributed by atoms with van der Waals surface area (Å²) in [6.07, 6.45) is 0. The van der Waals surface area contributed by atoms with Gasteiger partial charge in [-0.1, -0.05) is 26.1 Å². The Labute approximate surface area is 68.4 Å². The van der Waals surface area contributed by atoms with Gasteiger partial charge in [0.1, 0.15) is 0 Å². The highest BCUT2D eigenvalue weighted by molar-refractivity contribution is 7.80. The molecule has 0 atom stereocenters. The van der Waals surface area contributed by atoms with Crippen LogP contribution in [0.3, 0.4) is 0 Å². The Kier molecular flexibility index (Phi) is 3.25. The Balaban J connectivity index is 4.00. The summed E-state index contributed by atoms with van der Waals surface area (Å²) in [7, 11) is 4.03. The SMILES string of the molecule is CN(C)CC(C)(C)C(N)=S. The van der Waals surface area contributed by atoms with Crippen molar-refractivity contribution in [2.45, 2.75) is 13.8 Å². The largest absolute Gasteiger partial charge is 0.393 e. The van der Waals surface area contributed by atoms with Crippen LogP contribution in [0, 0.1) is 5.41 Å². The zero-order valence-corrected chi connectivity index (χ0v) is 7.96. The Morgan fingerprint density at radius 1 is 1.50 bits per heavy atom. The molecular weight excluding hydrogens is 144 g/mol. The molecule has 0 saturated carbocycles. The van der Waals surface area contributed by atoms with E-state index in [0.29, 0.717) is 4.99 Å². The van der Waals surface area contributed by atoms with Crippen LogP contribution in [-0.4, -0.2) is 30.5 Å². The summed E-state index contributed by atoms with van der Waals surface area (Å²) in [6.45, 7) is 5.01. The second-order valence-electron chi connectivity index (χ2n) is 3.49. The molecule has 2 nitrogen and oxygen atoms in total. The molecule has 0 bridgehead atoms. The van der Waals surface area contributed by atoms with E-state index in [1.54, 1.807) is 0 Å². The summed E-state index contributed by atoms with van der Waals surface area (Å²) in [5, 5.41) is 0. The van der Waals surface area contributed by atoms with Crippen molar-refractivity contribution in [3.8, 4) is 0 Å². The monoisotopic (exact) mass is 160 g/mol. The maximum Gasteiger partial charge on any atom is 0.0797 e. The highest BCUT2D eigenvalue weighted by Crippen LogP contribution is 2.15. The van der Waals surface area contributed by atoms with Crippen molar-refractivity contribution in [2.24, 2.45) is 11.1 Å². The summed E-state index contributed by atoms with van der Waals surface area (Å²) in [5.74, 6) is 0. The van der Waals surface area contributed by atoms with E-state index in [0.717, 1.165) is 6.54 Å². The minimum atomic E-state index is -0.0428. The van der Waals surface area contributed by atoms with Crippen LogP contribution in [0.5, 0.6) is 0 Å². The predicted molar refractivity (Wildman–Crippen MR) is 49.1 cm³/mol. The molecular formula is C7H16N2S. The number of hydrogen-bond acceptors (Lipinski definition) is 2. The van der Waals surface area contributed by atoms with E-state index in [2.05, 4.69) is 18.7 Å². The van der Waals surface area contributed by atoms with E-state index in [-0.39, 0.29) is 5.41 Å². The lowest BCUT2D eigenvalue weighted by molar-refractivity contribution is 0.312. The zero-order chi connectivity index (χ0) is 8.36. The molecule has 0 aliphatic rings. The second kappa shape index (κ2) is 3.30. The van der Waals surface area contributed by atoms with Crippen LogP contribution in [0.25, 0.3) is 0 Å². The van der Waals surface area contributed by atoms with Gasteiger partial charge in [-0.3, -0.25) is 0 Å². The quantitative estimate of drug-likeness (QED) is 0.621. The molecule has 3 heteroatoms. The Morgan fingerprint density at radius 3 is 2.00 bits per heavy atom. The molecule has 0 aliphatic heterocycles. The Morgan fingerprint density at radius 2 is 1.90 bits per heavy atom. The molecule has 0 saturated heterocycles. The number of hydrogen-bond donors (Lipinski definition) is 1. The van der Waals surface area contributed by atoms with Gasteiger partial charge in [-0.05, 0) is 14.1 Å². The summed E-state index contributed by atoms with van der Waals surface area (Å²) in [4.78, 5) is 2.67. The lowest BCUT2D eigenvalue weighted by atomic mass is 9.93. The molecule has 0 heterocycles. The summed E-state index contributed by atoms with van der Waals surface area (Å²) < 4.78 is 0. The van der Waals surface area contributed by atoms with Crippen molar-refractivity contribution in [1.29, 1.82) is 0 Å². The van der Waals surface area contributed by atoms with Crippen molar-refractivity contribution in [1.82, 2.24) is 4.90 Å². The molecule has 0 aromatic carbocycles. The molecule has 0 amide bonds. The van der Waals surface area contributed by atoms with Crippen LogP contribution in [0.2, 0.25) is 0 Å². The van der Waals surface area contributed by atoms with Gasteiger partial charge in [-0.2, -0.15) is 0 Å². The summed E-state index contributed by atoms with van der Waals surface area (Å²) in [6, 6.07) is 0. The second-order valence-corrected chi connectivity index (χ2v) is 3.93. The van der Waals surface area contributed by atoms with Crippen molar-refractivity contribution in [3.63, 3.8) is 0 Å². The molecule has 0 spiro atoms. The highest BCUT2D eigenvalue weighted by atomic mass is 32.1. The topological polar surface area (TPSA) is 29.3 Å². The third-order valence-corrected chi connectivity index (χ3v) is 1.93. The van der Waals surface area contributed by atoms with Gasteiger partial charge in [-0.25, -0.2) is 0 Å². The third kappa shape index (κ3) is 3.13. The number of rotatable bonds is 3. The zero-order valence-electron chi connectivity index (χ0n) is 7.14. The van der Waals surface area contributed by atoms with E-state index in [9.17, 15) is 0 Å². The molecule has 10 heavy (non-hydrogen) atoms. The first-order valence-corrected chi connectivity index (χ1v) is 3.72. The fraction of sp³-hybridized carbons (Fsp3) is 0.857. The molecule has 0 fully saturated rings. The number of thiocarbonyl (C=S) groups is 1. The van der Waals surface area contributed by atoms with Crippen molar-refractivity contribution >= 4 is 17.2 Å². The number of nitrogens with two attached hydrogens (primary N) is 1. The minimum Gasteiger partial charge on any atom is -0.393 e. The van der Waals surface area contributed by atoms with Gasteiger partial charge < -0.3 is 10.6 Å². The van der Waals surface area contributed by atoms with E-state index < -0.39 is 0 Å². The lowest BCUT2D eigenvalue weighted by Crippen LogP contribution is -2.38. The van der Waals surface area contributed by atoms with Gasteiger partial charge >= 0.3 is 0 Å². The van der Waals surface area contributed by atoms with Gasteiger partial charge in [0.25, 0.3) is 0 Å².